The summed E-state index contributed by atoms with van der Waals surface area (Å²) in [5.74, 6) is 0.804. The smallest absolute Gasteiger partial charge is 0.308 e. The van der Waals surface area contributed by atoms with Gasteiger partial charge in [-0.25, -0.2) is 8.42 Å². The summed E-state index contributed by atoms with van der Waals surface area (Å²) in [7, 11) is 1.51. The van der Waals surface area contributed by atoms with Crippen LogP contribution in [0.15, 0.2) is 84.9 Å². The maximum absolute atomic E-state index is 15.0. The molecule has 0 amide bonds. The first-order chi connectivity index (χ1) is 24.3. The third-order valence-electron chi connectivity index (χ3n) is 7.55. The van der Waals surface area contributed by atoms with Gasteiger partial charge in [0.2, 0.25) is 0 Å². The van der Waals surface area contributed by atoms with E-state index in [2.05, 4.69) is 0 Å². The van der Waals surface area contributed by atoms with Crippen LogP contribution in [-0.4, -0.2) is 48.8 Å². The number of carbonyl (C=O) groups is 2. The van der Waals surface area contributed by atoms with Crippen LogP contribution < -0.4 is 28.4 Å². The topological polar surface area (TPSA) is 124 Å². The van der Waals surface area contributed by atoms with E-state index < -0.39 is 32.3 Å². The average Bonchev–Trinajstić information content (AvgIpc) is 3.09. The summed E-state index contributed by atoms with van der Waals surface area (Å²) >= 11 is 13.5. The first-order valence-corrected chi connectivity index (χ1v) is 17.7. The first kappa shape index (κ1) is 38.8. The molecule has 0 aliphatic rings. The van der Waals surface area contributed by atoms with Crippen LogP contribution in [0.1, 0.15) is 46.6 Å². The SMILES string of the molecule is COc1ccc(C(/C=C\c2ccc(OC(C)=O)c(OC)c2)S(=O)(=O)C(/C=C\c2ccc(OC(C)=O)c(OC)c2)c2ccc(OC)cc2Cl)c(Cl)c1. The third kappa shape index (κ3) is 9.63. The van der Waals surface area contributed by atoms with Crippen molar-refractivity contribution in [3.63, 3.8) is 0 Å². The summed E-state index contributed by atoms with van der Waals surface area (Å²) in [6.07, 6.45) is 6.24. The monoisotopic (exact) mass is 754 g/mol. The minimum Gasteiger partial charge on any atom is -0.497 e. The molecule has 0 saturated heterocycles. The number of carbonyl (C=O) groups excluding carboxylic acids is 2. The van der Waals surface area contributed by atoms with Crippen LogP contribution in [0.2, 0.25) is 10.0 Å². The molecule has 10 nitrogen and oxygen atoms in total. The van der Waals surface area contributed by atoms with Gasteiger partial charge in [-0.2, -0.15) is 0 Å². The van der Waals surface area contributed by atoms with E-state index in [1.165, 1.54) is 66.6 Å². The number of benzene rings is 4. The number of rotatable bonds is 14. The van der Waals surface area contributed by atoms with Gasteiger partial charge in [-0.1, -0.05) is 71.8 Å². The quantitative estimate of drug-likeness (QED) is 0.0914. The predicted molar refractivity (Wildman–Crippen MR) is 197 cm³/mol. The molecule has 0 aliphatic carbocycles. The lowest BCUT2D eigenvalue weighted by atomic mass is 10.1. The number of halogens is 2. The zero-order valence-corrected chi connectivity index (χ0v) is 31.0. The molecule has 2 unspecified atom stereocenters. The number of sulfone groups is 1. The maximum Gasteiger partial charge on any atom is 0.308 e. The largest absolute Gasteiger partial charge is 0.497 e. The molecule has 0 radical (unpaired) electrons. The van der Waals surface area contributed by atoms with Gasteiger partial charge in [0.1, 0.15) is 22.0 Å². The Labute approximate surface area is 307 Å². The minimum absolute atomic E-state index is 0.157. The van der Waals surface area contributed by atoms with Gasteiger partial charge < -0.3 is 28.4 Å². The number of ether oxygens (including phenoxy) is 6. The van der Waals surface area contributed by atoms with Gasteiger partial charge in [0.15, 0.2) is 32.8 Å². The Morgan fingerprint density at radius 2 is 0.961 bits per heavy atom. The van der Waals surface area contributed by atoms with Crippen LogP contribution in [0.5, 0.6) is 34.5 Å². The van der Waals surface area contributed by atoms with Crippen molar-refractivity contribution in [3.05, 3.63) is 117 Å². The van der Waals surface area contributed by atoms with Gasteiger partial charge in [0, 0.05) is 23.9 Å². The molecule has 51 heavy (non-hydrogen) atoms. The minimum atomic E-state index is -4.30. The number of hydrogen-bond donors (Lipinski definition) is 0. The normalized spacial score (nSPS) is 12.7. The maximum atomic E-state index is 15.0. The molecule has 0 heterocycles. The Kier molecular flexibility index (Phi) is 13.2. The molecule has 4 aromatic rings. The summed E-state index contributed by atoms with van der Waals surface area (Å²) in [5.41, 5.74) is 1.68. The van der Waals surface area contributed by atoms with Crippen molar-refractivity contribution in [2.24, 2.45) is 0 Å². The number of methoxy groups -OCH3 is 4. The van der Waals surface area contributed by atoms with Crippen LogP contribution in [0.3, 0.4) is 0 Å². The molecule has 4 aromatic carbocycles. The molecule has 2 atom stereocenters. The van der Waals surface area contributed by atoms with E-state index in [-0.39, 0.29) is 44.2 Å². The van der Waals surface area contributed by atoms with Gasteiger partial charge in [0.05, 0.1) is 28.4 Å². The van der Waals surface area contributed by atoms with Crippen molar-refractivity contribution in [1.82, 2.24) is 0 Å². The molecule has 4 rings (SSSR count). The van der Waals surface area contributed by atoms with E-state index in [1.54, 1.807) is 72.8 Å². The summed E-state index contributed by atoms with van der Waals surface area (Å²) in [4.78, 5) is 23.1. The number of esters is 2. The molecule has 0 bridgehead atoms. The summed E-state index contributed by atoms with van der Waals surface area (Å²) in [6, 6.07) is 19.1. The van der Waals surface area contributed by atoms with Gasteiger partial charge in [-0.3, -0.25) is 9.59 Å². The Balaban J connectivity index is 1.90. The van der Waals surface area contributed by atoms with Crippen LogP contribution in [0.4, 0.5) is 0 Å². The lowest BCUT2D eigenvalue weighted by Crippen LogP contribution is -2.19. The van der Waals surface area contributed by atoms with Crippen molar-refractivity contribution in [2.45, 2.75) is 24.3 Å². The summed E-state index contributed by atoms with van der Waals surface area (Å²) in [5, 5.41) is -2.32. The Bertz CT molecular complexity index is 1930. The molecular weight excluding hydrogens is 719 g/mol. The van der Waals surface area contributed by atoms with Crippen molar-refractivity contribution in [3.8, 4) is 34.5 Å². The zero-order chi connectivity index (χ0) is 37.3. The van der Waals surface area contributed by atoms with E-state index in [0.29, 0.717) is 22.6 Å². The molecular formula is C38H36Cl2O10S. The molecule has 0 N–H and O–H groups in total. The Hall–Kier alpha value is -4.97. The van der Waals surface area contributed by atoms with Crippen LogP contribution in [0, 0.1) is 0 Å². The van der Waals surface area contributed by atoms with E-state index >= 15 is 8.42 Å². The van der Waals surface area contributed by atoms with Crippen LogP contribution >= 0.6 is 23.2 Å². The Morgan fingerprint density at radius 3 is 1.27 bits per heavy atom. The van der Waals surface area contributed by atoms with Crippen molar-refractivity contribution < 1.29 is 46.4 Å². The summed E-state index contributed by atoms with van der Waals surface area (Å²) < 4.78 is 62.0. The van der Waals surface area contributed by atoms with Gasteiger partial charge in [-0.05, 0) is 70.8 Å². The lowest BCUT2D eigenvalue weighted by molar-refractivity contribution is -0.132. The molecule has 268 valence electrons. The lowest BCUT2D eigenvalue weighted by Gasteiger charge is -2.23. The summed E-state index contributed by atoms with van der Waals surface area (Å²) in [6.45, 7) is 2.55. The second kappa shape index (κ2) is 17.3. The fourth-order valence-electron chi connectivity index (χ4n) is 5.12. The van der Waals surface area contributed by atoms with Gasteiger partial charge >= 0.3 is 11.9 Å². The number of hydrogen-bond acceptors (Lipinski definition) is 10. The van der Waals surface area contributed by atoms with Crippen molar-refractivity contribution >= 4 is 57.1 Å². The second-order valence-corrected chi connectivity index (χ2v) is 13.9. The third-order valence-corrected chi connectivity index (χ3v) is 10.4. The van der Waals surface area contributed by atoms with E-state index in [9.17, 15) is 9.59 Å². The highest BCUT2D eigenvalue weighted by Crippen LogP contribution is 2.43. The molecule has 0 spiro atoms. The first-order valence-electron chi connectivity index (χ1n) is 15.3. The fraction of sp³-hybridized carbons (Fsp3) is 0.211. The molecule has 0 fully saturated rings. The van der Waals surface area contributed by atoms with E-state index in [0.717, 1.165) is 0 Å². The van der Waals surface area contributed by atoms with Crippen LogP contribution in [0.25, 0.3) is 12.2 Å². The molecule has 0 aromatic heterocycles. The van der Waals surface area contributed by atoms with Crippen molar-refractivity contribution in [1.29, 1.82) is 0 Å². The average molecular weight is 756 g/mol. The van der Waals surface area contributed by atoms with Gasteiger partial charge in [-0.15, -0.1) is 0 Å². The van der Waals surface area contributed by atoms with E-state index in [4.69, 9.17) is 51.6 Å². The zero-order valence-electron chi connectivity index (χ0n) is 28.6. The highest BCUT2D eigenvalue weighted by Gasteiger charge is 2.36. The fourth-order valence-corrected chi connectivity index (χ4v) is 7.86. The van der Waals surface area contributed by atoms with E-state index in [1.807, 2.05) is 0 Å². The van der Waals surface area contributed by atoms with Crippen LogP contribution in [-0.2, 0) is 19.4 Å². The highest BCUT2D eigenvalue weighted by atomic mass is 35.5. The molecule has 13 heteroatoms. The molecule has 0 aliphatic heterocycles. The van der Waals surface area contributed by atoms with Gasteiger partial charge in [0.25, 0.3) is 0 Å². The standard InChI is InChI=1S/C38H36Cl2O10S/c1-23(41)49-33-15-7-25(19-35(33)47-5)9-17-37(29-13-11-27(45-3)21-31(29)39)51(43,44)38(30-14-12-28(46-4)22-32(30)40)18-10-26-8-16-34(50-24(2)42)36(20-26)48-6/h7-22,37-38H,1-6H3/b17-9-,18-10-. The Morgan fingerprint density at radius 1 is 0.569 bits per heavy atom. The highest BCUT2D eigenvalue weighted by molar-refractivity contribution is 7.92. The van der Waals surface area contributed by atoms with Crippen molar-refractivity contribution in [2.75, 3.05) is 28.4 Å². The second-order valence-electron chi connectivity index (χ2n) is 10.9. The molecule has 0 saturated carbocycles. The predicted octanol–water partition coefficient (Wildman–Crippen LogP) is 8.50.